The molecule has 156 valence electrons. The van der Waals surface area contributed by atoms with Gasteiger partial charge in [0.05, 0.1) is 17.9 Å². The van der Waals surface area contributed by atoms with E-state index in [4.69, 9.17) is 14.6 Å². The second-order valence-electron chi connectivity index (χ2n) is 6.45. The normalized spacial score (nSPS) is 14.1. The third kappa shape index (κ3) is 4.50. The molecule has 0 bridgehead atoms. The van der Waals surface area contributed by atoms with Gasteiger partial charge in [-0.2, -0.15) is 0 Å². The van der Waals surface area contributed by atoms with Crippen LogP contribution in [-0.4, -0.2) is 34.1 Å². The van der Waals surface area contributed by atoms with Crippen LogP contribution in [0.2, 0.25) is 0 Å². The van der Waals surface area contributed by atoms with Gasteiger partial charge in [0.25, 0.3) is 0 Å². The summed E-state index contributed by atoms with van der Waals surface area (Å²) in [6, 6.07) is 8.72. The summed E-state index contributed by atoms with van der Waals surface area (Å²) in [5.41, 5.74) is 0.337. The monoisotopic (exact) mass is 454 g/mol. The van der Waals surface area contributed by atoms with Crippen molar-refractivity contribution in [1.29, 1.82) is 0 Å². The van der Waals surface area contributed by atoms with Crippen LogP contribution in [0.25, 0.3) is 0 Å². The second-order valence-corrected chi connectivity index (χ2v) is 8.85. The molecular weight excluding hydrogens is 432 g/mol. The molecule has 2 aromatic carbocycles. The minimum absolute atomic E-state index is 0.00338. The Morgan fingerprint density at radius 3 is 2.31 bits per heavy atom. The van der Waals surface area contributed by atoms with Crippen LogP contribution in [0.5, 0.6) is 11.5 Å². The van der Waals surface area contributed by atoms with Gasteiger partial charge in [-0.3, -0.25) is 0 Å². The van der Waals surface area contributed by atoms with Gasteiger partial charge in [-0.25, -0.2) is 18.4 Å². The number of thiol groups is 2. The molecule has 10 heteroatoms. The zero-order valence-electron chi connectivity index (χ0n) is 15.8. The lowest BCUT2D eigenvalue weighted by Gasteiger charge is -2.27. The first-order chi connectivity index (χ1) is 13.8. The molecule has 29 heavy (non-hydrogen) atoms. The van der Waals surface area contributed by atoms with Crippen molar-refractivity contribution in [1.82, 2.24) is 0 Å². The molecule has 2 N–H and O–H groups in total. The molecule has 1 heterocycles. The van der Waals surface area contributed by atoms with Gasteiger partial charge in [0.1, 0.15) is 10.6 Å². The van der Waals surface area contributed by atoms with Crippen LogP contribution in [0.1, 0.15) is 30.1 Å². The molecule has 3 rings (SSSR count). The van der Waals surface area contributed by atoms with E-state index in [2.05, 4.69) is 25.3 Å². The first kappa shape index (κ1) is 21.8. The number of ether oxygens (including phenoxy) is 2. The number of anilines is 1. The smallest absolute Gasteiger partial charge is 0.340 e. The van der Waals surface area contributed by atoms with E-state index in [0.29, 0.717) is 24.5 Å². The number of hydrogen-bond acceptors (Lipinski definition) is 8. The summed E-state index contributed by atoms with van der Waals surface area (Å²) in [6.07, 6.45) is 1.83. The Morgan fingerprint density at radius 2 is 1.76 bits per heavy atom. The molecule has 0 spiro atoms. The first-order valence-corrected chi connectivity index (χ1v) is 11.5. The number of para-hydroxylation sites is 1. The number of primary sulfonamides is 1. The minimum Gasteiger partial charge on any atom is -0.462 e. The Balaban J connectivity index is 2.35. The maximum atomic E-state index is 12.6. The second kappa shape index (κ2) is 8.86. The van der Waals surface area contributed by atoms with Crippen LogP contribution in [0, 0.1) is 0 Å². The fourth-order valence-corrected chi connectivity index (χ4v) is 5.25. The van der Waals surface area contributed by atoms with Crippen molar-refractivity contribution in [2.45, 2.75) is 34.5 Å². The Labute approximate surface area is 181 Å². The summed E-state index contributed by atoms with van der Waals surface area (Å²) in [5, 5.41) is 5.52. The van der Waals surface area contributed by atoms with Crippen molar-refractivity contribution >= 4 is 46.9 Å². The molecule has 0 aliphatic carbocycles. The third-order valence-corrected chi connectivity index (χ3v) is 6.48. The molecule has 1 aliphatic heterocycles. The van der Waals surface area contributed by atoms with Gasteiger partial charge >= 0.3 is 5.97 Å². The highest BCUT2D eigenvalue weighted by molar-refractivity contribution is 7.90. The number of hydrogen-bond donors (Lipinski definition) is 3. The van der Waals surface area contributed by atoms with Crippen LogP contribution in [0.3, 0.4) is 0 Å². The molecule has 7 nitrogen and oxygen atoms in total. The molecule has 1 fully saturated rings. The molecule has 0 atom stereocenters. The number of sulfonamides is 1. The molecule has 0 saturated carbocycles. The summed E-state index contributed by atoms with van der Waals surface area (Å²) >= 11 is 8.89. The number of nitrogens with two attached hydrogens (primary N) is 1. The molecule has 1 saturated heterocycles. The summed E-state index contributed by atoms with van der Waals surface area (Å²) in [6.45, 7) is 3.10. The predicted molar refractivity (Wildman–Crippen MR) is 116 cm³/mol. The number of esters is 1. The standard InChI is InChI=1S/C19H22N2O5S3/c1-2-25-19(22)13-16(27)14(21-10-6-7-11-21)15(18(17(13)28)29(20,23)24)26-12-8-4-3-5-9-12/h3-5,8-9,27-28H,2,6-7,10-11H2,1H3,(H2,20,23,24). The first-order valence-electron chi connectivity index (χ1n) is 9.05. The van der Waals surface area contributed by atoms with Gasteiger partial charge in [-0.05, 0) is 31.9 Å². The molecule has 0 aromatic heterocycles. The SMILES string of the molecule is CCOC(=O)c1c(S)c(N2CCCC2)c(Oc2ccccc2)c(S(N)(=O)=O)c1S. The lowest BCUT2D eigenvalue weighted by molar-refractivity contribution is 0.0517. The van der Waals surface area contributed by atoms with Crippen LogP contribution in [0.4, 0.5) is 5.69 Å². The number of nitrogens with zero attached hydrogens (tertiary/aromatic N) is 1. The fourth-order valence-electron chi connectivity index (χ4n) is 3.26. The minimum atomic E-state index is -4.29. The predicted octanol–water partition coefficient (Wildman–Crippen LogP) is 3.48. The van der Waals surface area contributed by atoms with Crippen molar-refractivity contribution in [3.8, 4) is 11.5 Å². The average molecular weight is 455 g/mol. The largest absolute Gasteiger partial charge is 0.462 e. The van der Waals surface area contributed by atoms with E-state index in [1.165, 1.54) is 0 Å². The van der Waals surface area contributed by atoms with E-state index < -0.39 is 16.0 Å². The van der Waals surface area contributed by atoms with Gasteiger partial charge in [0, 0.05) is 22.9 Å². The van der Waals surface area contributed by atoms with Gasteiger partial charge in [-0.15, -0.1) is 25.3 Å². The van der Waals surface area contributed by atoms with E-state index in [0.717, 1.165) is 12.8 Å². The highest BCUT2D eigenvalue weighted by Crippen LogP contribution is 2.48. The number of carbonyl (C=O) groups is 1. The Kier molecular flexibility index (Phi) is 6.67. The van der Waals surface area contributed by atoms with Gasteiger partial charge in [0.2, 0.25) is 10.0 Å². The van der Waals surface area contributed by atoms with Gasteiger partial charge in [-0.1, -0.05) is 18.2 Å². The van der Waals surface area contributed by atoms with E-state index in [1.54, 1.807) is 31.2 Å². The molecule has 2 aromatic rings. The molecule has 0 amide bonds. The highest BCUT2D eigenvalue weighted by Gasteiger charge is 2.34. The highest BCUT2D eigenvalue weighted by atomic mass is 32.2. The quantitative estimate of drug-likeness (QED) is 0.457. The summed E-state index contributed by atoms with van der Waals surface area (Å²) < 4.78 is 36.1. The van der Waals surface area contributed by atoms with Crippen LogP contribution in [0.15, 0.2) is 45.0 Å². The fraction of sp³-hybridized carbons (Fsp3) is 0.316. The Bertz CT molecular complexity index is 1020. The van der Waals surface area contributed by atoms with Crippen LogP contribution >= 0.6 is 25.3 Å². The maximum Gasteiger partial charge on any atom is 0.340 e. The summed E-state index contributed by atoms with van der Waals surface area (Å²) in [7, 11) is -4.29. The van der Waals surface area contributed by atoms with Crippen molar-refractivity contribution in [3.05, 3.63) is 35.9 Å². The molecular formula is C19H22N2O5S3. The summed E-state index contributed by atoms with van der Waals surface area (Å²) in [5.74, 6) is -0.301. The zero-order valence-corrected chi connectivity index (χ0v) is 18.4. The average Bonchev–Trinajstić information content (AvgIpc) is 3.15. The van der Waals surface area contributed by atoms with Crippen molar-refractivity contribution < 1.29 is 22.7 Å². The van der Waals surface area contributed by atoms with E-state index >= 15 is 0 Å². The molecule has 0 radical (unpaired) electrons. The van der Waals surface area contributed by atoms with Crippen LogP contribution in [-0.2, 0) is 14.8 Å². The van der Waals surface area contributed by atoms with Crippen molar-refractivity contribution in [3.63, 3.8) is 0 Å². The maximum absolute atomic E-state index is 12.6. The number of benzene rings is 2. The topological polar surface area (TPSA) is 98.9 Å². The van der Waals surface area contributed by atoms with E-state index in [9.17, 15) is 13.2 Å². The Hall–Kier alpha value is -1.88. The van der Waals surface area contributed by atoms with Gasteiger partial charge in [0.15, 0.2) is 5.75 Å². The van der Waals surface area contributed by atoms with Gasteiger partial charge < -0.3 is 14.4 Å². The third-order valence-electron chi connectivity index (χ3n) is 4.48. The molecule has 0 unspecified atom stereocenters. The molecule has 1 aliphatic rings. The van der Waals surface area contributed by atoms with E-state index in [-0.39, 0.29) is 32.6 Å². The Morgan fingerprint density at radius 1 is 1.14 bits per heavy atom. The number of carbonyl (C=O) groups excluding carboxylic acids is 1. The lowest BCUT2D eigenvalue weighted by Crippen LogP contribution is -2.24. The van der Waals surface area contributed by atoms with Crippen molar-refractivity contribution in [2.24, 2.45) is 5.14 Å². The van der Waals surface area contributed by atoms with Crippen LogP contribution < -0.4 is 14.8 Å². The number of rotatable bonds is 6. The zero-order chi connectivity index (χ0) is 21.2. The van der Waals surface area contributed by atoms with Crippen molar-refractivity contribution in [2.75, 3.05) is 24.6 Å². The lowest BCUT2D eigenvalue weighted by atomic mass is 10.1. The summed E-state index contributed by atoms with van der Waals surface area (Å²) in [4.78, 5) is 14.3. The van der Waals surface area contributed by atoms with E-state index in [1.807, 2.05) is 11.0 Å².